The van der Waals surface area contributed by atoms with Crippen molar-refractivity contribution in [1.82, 2.24) is 9.97 Å². The van der Waals surface area contributed by atoms with Crippen LogP contribution in [-0.2, 0) is 0 Å². The zero-order chi connectivity index (χ0) is 12.5. The van der Waals surface area contributed by atoms with Crippen LogP contribution in [0.1, 0.15) is 26.2 Å². The van der Waals surface area contributed by atoms with E-state index < -0.39 is 0 Å². The second-order valence-corrected chi connectivity index (χ2v) is 5.21. The first kappa shape index (κ1) is 11.7. The van der Waals surface area contributed by atoms with Crippen LogP contribution in [0.15, 0.2) is 24.3 Å². The Bertz CT molecular complexity index is 570. The molecule has 0 aliphatic carbocycles. The highest BCUT2D eigenvalue weighted by Crippen LogP contribution is 2.30. The third kappa shape index (κ3) is 2.03. The fourth-order valence-corrected chi connectivity index (χ4v) is 2.84. The number of benzene rings is 1. The third-order valence-corrected chi connectivity index (χ3v) is 3.80. The average molecular weight is 262 g/mol. The number of halogens is 1. The summed E-state index contributed by atoms with van der Waals surface area (Å²) in [5.41, 5.74) is 0.922. The Hall–Kier alpha value is -1.35. The minimum Gasteiger partial charge on any atom is -0.353 e. The third-order valence-electron chi connectivity index (χ3n) is 3.63. The summed E-state index contributed by atoms with van der Waals surface area (Å²) >= 11 is 6.04. The van der Waals surface area contributed by atoms with Gasteiger partial charge in [-0.15, -0.1) is 0 Å². The Labute approximate surface area is 112 Å². The molecule has 3 rings (SSSR count). The summed E-state index contributed by atoms with van der Waals surface area (Å²) in [6.45, 7) is 3.31. The number of nitrogens with zero attached hydrogens (tertiary/aromatic N) is 3. The van der Waals surface area contributed by atoms with Crippen molar-refractivity contribution in [1.29, 1.82) is 0 Å². The highest BCUT2D eigenvalue weighted by atomic mass is 35.5. The summed E-state index contributed by atoms with van der Waals surface area (Å²) < 4.78 is 0. The van der Waals surface area contributed by atoms with Gasteiger partial charge in [-0.3, -0.25) is 0 Å². The number of rotatable bonds is 1. The first-order valence-electron chi connectivity index (χ1n) is 6.44. The molecule has 1 aliphatic rings. The van der Waals surface area contributed by atoms with Crippen molar-refractivity contribution in [3.05, 3.63) is 29.5 Å². The molecule has 1 aromatic carbocycles. The van der Waals surface area contributed by atoms with Crippen molar-refractivity contribution in [3.63, 3.8) is 0 Å². The summed E-state index contributed by atoms with van der Waals surface area (Å²) in [5.74, 6) is 0.984. The molecule has 18 heavy (non-hydrogen) atoms. The number of aromatic nitrogens is 2. The molecule has 0 bridgehead atoms. The molecule has 1 unspecified atom stereocenters. The van der Waals surface area contributed by atoms with Gasteiger partial charge in [0.1, 0.15) is 5.82 Å². The molecule has 0 N–H and O–H groups in total. The fraction of sp³-hybridized carbons (Fsp3) is 0.429. The Morgan fingerprint density at radius 3 is 2.89 bits per heavy atom. The van der Waals surface area contributed by atoms with Gasteiger partial charge in [0.15, 0.2) is 0 Å². The van der Waals surface area contributed by atoms with Crippen LogP contribution >= 0.6 is 11.6 Å². The molecule has 0 saturated carbocycles. The summed E-state index contributed by atoms with van der Waals surface area (Å²) in [5, 5.41) is 1.43. The van der Waals surface area contributed by atoms with E-state index >= 15 is 0 Å². The molecule has 0 spiro atoms. The first-order valence-corrected chi connectivity index (χ1v) is 6.82. The van der Waals surface area contributed by atoms with Gasteiger partial charge in [-0.25, -0.2) is 4.98 Å². The minimum absolute atomic E-state index is 0.335. The highest BCUT2D eigenvalue weighted by molar-refractivity contribution is 6.28. The van der Waals surface area contributed by atoms with Gasteiger partial charge >= 0.3 is 0 Å². The second kappa shape index (κ2) is 4.73. The Kier molecular flexibility index (Phi) is 3.08. The van der Waals surface area contributed by atoms with E-state index in [0.717, 1.165) is 23.3 Å². The molecule has 1 fully saturated rings. The van der Waals surface area contributed by atoms with Crippen molar-refractivity contribution in [2.45, 2.75) is 32.2 Å². The molecule has 1 saturated heterocycles. The fourth-order valence-electron chi connectivity index (χ4n) is 2.66. The molecular weight excluding hydrogens is 246 g/mol. The Morgan fingerprint density at radius 1 is 1.22 bits per heavy atom. The average Bonchev–Trinajstić information content (AvgIpc) is 2.38. The molecule has 3 nitrogen and oxygen atoms in total. The lowest BCUT2D eigenvalue weighted by atomic mass is 10.0. The van der Waals surface area contributed by atoms with Crippen LogP contribution in [-0.4, -0.2) is 22.6 Å². The van der Waals surface area contributed by atoms with Crippen molar-refractivity contribution in [2.24, 2.45) is 0 Å². The van der Waals surface area contributed by atoms with Crippen LogP contribution in [0.5, 0.6) is 0 Å². The van der Waals surface area contributed by atoms with Crippen molar-refractivity contribution in [3.8, 4) is 0 Å². The summed E-state index contributed by atoms with van der Waals surface area (Å²) in [6, 6.07) is 8.59. The number of para-hydroxylation sites is 1. The van der Waals surface area contributed by atoms with Crippen LogP contribution in [0.2, 0.25) is 5.28 Å². The van der Waals surface area contributed by atoms with Crippen LogP contribution in [0.3, 0.4) is 0 Å². The maximum absolute atomic E-state index is 6.04. The number of hydrogen-bond acceptors (Lipinski definition) is 3. The summed E-state index contributed by atoms with van der Waals surface area (Å²) in [7, 11) is 0. The highest BCUT2D eigenvalue weighted by Gasteiger charge is 2.22. The van der Waals surface area contributed by atoms with Gasteiger partial charge in [0.05, 0.1) is 5.52 Å². The van der Waals surface area contributed by atoms with Gasteiger partial charge in [0.25, 0.3) is 0 Å². The Balaban J connectivity index is 2.15. The molecule has 2 heterocycles. The van der Waals surface area contributed by atoms with Crippen LogP contribution in [0.4, 0.5) is 5.82 Å². The molecule has 1 atom stereocenters. The van der Waals surface area contributed by atoms with Gasteiger partial charge < -0.3 is 4.90 Å². The van der Waals surface area contributed by atoms with E-state index in [0.29, 0.717) is 11.3 Å². The monoisotopic (exact) mass is 261 g/mol. The maximum Gasteiger partial charge on any atom is 0.224 e. The van der Waals surface area contributed by atoms with E-state index in [-0.39, 0.29) is 0 Å². The lowest BCUT2D eigenvalue weighted by molar-refractivity contribution is 0.482. The standard InChI is InChI=1S/C14H16ClN3/c1-10-6-4-5-9-18(10)13-11-7-2-3-8-12(11)16-14(15)17-13/h2-3,7-8,10H,4-6,9H2,1H3. The quantitative estimate of drug-likeness (QED) is 0.734. The van der Waals surface area contributed by atoms with Crippen LogP contribution < -0.4 is 4.90 Å². The maximum atomic E-state index is 6.04. The number of hydrogen-bond donors (Lipinski definition) is 0. The number of anilines is 1. The molecule has 0 radical (unpaired) electrons. The minimum atomic E-state index is 0.335. The van der Waals surface area contributed by atoms with Crippen LogP contribution in [0, 0.1) is 0 Å². The lowest BCUT2D eigenvalue weighted by Crippen LogP contribution is -2.38. The summed E-state index contributed by atoms with van der Waals surface area (Å²) in [6.07, 6.45) is 3.74. The molecule has 1 aromatic heterocycles. The van der Waals surface area contributed by atoms with Crippen molar-refractivity contribution < 1.29 is 0 Å². The van der Waals surface area contributed by atoms with Crippen molar-refractivity contribution >= 4 is 28.3 Å². The number of piperidine rings is 1. The van der Waals surface area contributed by atoms with Gasteiger partial charge in [-0.05, 0) is 49.9 Å². The molecule has 1 aliphatic heterocycles. The van der Waals surface area contributed by atoms with Crippen molar-refractivity contribution in [2.75, 3.05) is 11.4 Å². The van der Waals surface area contributed by atoms with Crippen LogP contribution in [0.25, 0.3) is 10.9 Å². The predicted octanol–water partition coefficient (Wildman–Crippen LogP) is 3.66. The predicted molar refractivity (Wildman–Crippen MR) is 75.2 cm³/mol. The topological polar surface area (TPSA) is 29.0 Å². The summed E-state index contributed by atoms with van der Waals surface area (Å²) in [4.78, 5) is 11.1. The van der Waals surface area contributed by atoms with Gasteiger partial charge in [0.2, 0.25) is 5.28 Å². The van der Waals surface area contributed by atoms with Gasteiger partial charge in [-0.1, -0.05) is 12.1 Å². The zero-order valence-electron chi connectivity index (χ0n) is 10.4. The van der Waals surface area contributed by atoms with Gasteiger partial charge in [0, 0.05) is 18.0 Å². The molecule has 94 valence electrons. The molecule has 4 heteroatoms. The Morgan fingerprint density at radius 2 is 2.06 bits per heavy atom. The molecule has 0 amide bonds. The van der Waals surface area contributed by atoms with E-state index in [1.54, 1.807) is 0 Å². The van der Waals surface area contributed by atoms with E-state index in [9.17, 15) is 0 Å². The van der Waals surface area contributed by atoms with Gasteiger partial charge in [-0.2, -0.15) is 4.98 Å². The zero-order valence-corrected chi connectivity index (χ0v) is 11.2. The first-order chi connectivity index (χ1) is 8.75. The smallest absolute Gasteiger partial charge is 0.224 e. The lowest BCUT2D eigenvalue weighted by Gasteiger charge is -2.35. The van der Waals surface area contributed by atoms with E-state index in [4.69, 9.17) is 11.6 Å². The second-order valence-electron chi connectivity index (χ2n) is 4.87. The normalized spacial score (nSPS) is 20.3. The molecule has 2 aromatic rings. The van der Waals surface area contributed by atoms with E-state index in [1.807, 2.05) is 18.2 Å². The largest absolute Gasteiger partial charge is 0.353 e. The SMILES string of the molecule is CC1CCCCN1c1nc(Cl)nc2ccccc12. The number of fused-ring (bicyclic) bond motifs is 1. The molecular formula is C14H16ClN3. The van der Waals surface area contributed by atoms with E-state index in [1.165, 1.54) is 19.3 Å². The van der Waals surface area contributed by atoms with E-state index in [2.05, 4.69) is 27.9 Å².